The van der Waals surface area contributed by atoms with Gasteiger partial charge < -0.3 is 16.2 Å². The van der Waals surface area contributed by atoms with Crippen LogP contribution < -0.4 is 11.1 Å². The van der Waals surface area contributed by atoms with Crippen LogP contribution >= 0.6 is 0 Å². The largest absolute Gasteiger partial charge is 0.384 e. The van der Waals surface area contributed by atoms with Crippen LogP contribution in [0.3, 0.4) is 0 Å². The van der Waals surface area contributed by atoms with Crippen LogP contribution in [0.2, 0.25) is 0 Å². The van der Waals surface area contributed by atoms with Crippen LogP contribution in [0.4, 0.5) is 0 Å². The number of nitrogens with two attached hydrogens (primary N) is 1. The topological polar surface area (TPSA) is 85.4 Å². The summed E-state index contributed by atoms with van der Waals surface area (Å²) in [6.45, 7) is 3.09. The van der Waals surface area contributed by atoms with Crippen LogP contribution in [0, 0.1) is 5.41 Å². The van der Waals surface area contributed by atoms with Crippen molar-refractivity contribution in [1.82, 2.24) is 10.2 Å². The molecule has 1 aliphatic heterocycles. The Morgan fingerprint density at radius 3 is 2.76 bits per heavy atom. The Labute approximate surface area is 101 Å². The summed E-state index contributed by atoms with van der Waals surface area (Å²) >= 11 is 0. The molecular formula is C12H18N4O. The second-order valence-corrected chi connectivity index (χ2v) is 4.27. The van der Waals surface area contributed by atoms with Gasteiger partial charge in [0.2, 0.25) is 0 Å². The summed E-state index contributed by atoms with van der Waals surface area (Å²) in [5.41, 5.74) is 7.25. The molecule has 2 rings (SSSR count). The van der Waals surface area contributed by atoms with Gasteiger partial charge in [-0.15, -0.1) is 0 Å². The molecular weight excluding hydrogens is 216 g/mol. The number of piperazine rings is 1. The van der Waals surface area contributed by atoms with E-state index in [1.807, 2.05) is 29.2 Å². The Hall–Kier alpha value is -1.43. The highest BCUT2D eigenvalue weighted by molar-refractivity contribution is 5.94. The van der Waals surface area contributed by atoms with Crippen molar-refractivity contribution in [3.05, 3.63) is 35.4 Å². The van der Waals surface area contributed by atoms with E-state index in [2.05, 4.69) is 5.32 Å². The molecule has 5 heteroatoms. The molecule has 5 nitrogen and oxygen atoms in total. The van der Waals surface area contributed by atoms with Gasteiger partial charge in [-0.05, 0) is 5.56 Å². The van der Waals surface area contributed by atoms with E-state index in [-0.39, 0.29) is 5.84 Å². The molecule has 0 aromatic heterocycles. The number of rotatable bonds is 3. The van der Waals surface area contributed by atoms with E-state index < -0.39 is 6.23 Å². The van der Waals surface area contributed by atoms with Crippen molar-refractivity contribution in [2.24, 2.45) is 5.73 Å². The summed E-state index contributed by atoms with van der Waals surface area (Å²) in [4.78, 5) is 2.03. The van der Waals surface area contributed by atoms with E-state index in [9.17, 15) is 5.11 Å². The Morgan fingerprint density at radius 2 is 2.18 bits per heavy atom. The van der Waals surface area contributed by atoms with Crippen LogP contribution in [0.15, 0.2) is 24.3 Å². The van der Waals surface area contributed by atoms with Crippen LogP contribution in [0.25, 0.3) is 0 Å². The standard InChI is InChI=1S/C12H18N4O/c13-12(14)10-3-1-9(2-4-10)8-16-6-5-15-7-11(16)17/h1-4,11,15,17H,5-8H2,(H3,13,14). The maximum absolute atomic E-state index is 9.78. The van der Waals surface area contributed by atoms with Crippen molar-refractivity contribution in [1.29, 1.82) is 5.41 Å². The molecule has 5 N–H and O–H groups in total. The van der Waals surface area contributed by atoms with E-state index in [0.29, 0.717) is 6.54 Å². The van der Waals surface area contributed by atoms with Crippen molar-refractivity contribution >= 4 is 5.84 Å². The second-order valence-electron chi connectivity index (χ2n) is 4.27. The van der Waals surface area contributed by atoms with Crippen molar-refractivity contribution in [3.63, 3.8) is 0 Å². The fourth-order valence-electron chi connectivity index (χ4n) is 1.94. The number of hydrogen-bond donors (Lipinski definition) is 4. The van der Waals surface area contributed by atoms with E-state index in [4.69, 9.17) is 11.1 Å². The van der Waals surface area contributed by atoms with Gasteiger partial charge in [0.25, 0.3) is 0 Å². The highest BCUT2D eigenvalue weighted by Gasteiger charge is 2.19. The molecule has 1 aliphatic rings. The Bertz CT molecular complexity index is 390. The molecule has 1 aromatic carbocycles. The zero-order valence-corrected chi connectivity index (χ0v) is 9.69. The van der Waals surface area contributed by atoms with E-state index in [1.165, 1.54) is 0 Å². The molecule has 92 valence electrons. The molecule has 0 aliphatic carbocycles. The zero-order valence-electron chi connectivity index (χ0n) is 9.69. The van der Waals surface area contributed by atoms with Crippen molar-refractivity contribution in [2.45, 2.75) is 12.8 Å². The normalized spacial score (nSPS) is 21.4. The molecule has 0 bridgehead atoms. The van der Waals surface area contributed by atoms with Gasteiger partial charge in [0, 0.05) is 31.7 Å². The highest BCUT2D eigenvalue weighted by Crippen LogP contribution is 2.10. The van der Waals surface area contributed by atoms with Crippen LogP contribution in [-0.4, -0.2) is 41.7 Å². The first-order valence-electron chi connectivity index (χ1n) is 5.73. The third kappa shape index (κ3) is 3.03. The van der Waals surface area contributed by atoms with Gasteiger partial charge in [-0.25, -0.2) is 0 Å². The Kier molecular flexibility index (Phi) is 3.73. The molecule has 1 aromatic rings. The van der Waals surface area contributed by atoms with Gasteiger partial charge in [0.1, 0.15) is 12.1 Å². The molecule has 17 heavy (non-hydrogen) atoms. The molecule has 1 saturated heterocycles. The van der Waals surface area contributed by atoms with Crippen molar-refractivity contribution in [2.75, 3.05) is 19.6 Å². The fourth-order valence-corrected chi connectivity index (χ4v) is 1.94. The van der Waals surface area contributed by atoms with Crippen molar-refractivity contribution < 1.29 is 5.11 Å². The third-order valence-electron chi connectivity index (χ3n) is 2.97. The average molecular weight is 234 g/mol. The lowest BCUT2D eigenvalue weighted by Crippen LogP contribution is -2.50. The number of nitrogens with zero attached hydrogens (tertiary/aromatic N) is 1. The number of benzene rings is 1. The lowest BCUT2D eigenvalue weighted by atomic mass is 10.1. The SMILES string of the molecule is N=C(N)c1ccc(CN2CCNCC2O)cc1. The molecule has 0 radical (unpaired) electrons. The van der Waals surface area contributed by atoms with E-state index in [1.54, 1.807) is 0 Å². The maximum atomic E-state index is 9.78. The van der Waals surface area contributed by atoms with Crippen molar-refractivity contribution in [3.8, 4) is 0 Å². The maximum Gasteiger partial charge on any atom is 0.122 e. The first-order valence-corrected chi connectivity index (χ1v) is 5.73. The number of β-amino-alcohol motifs (C(OH)–C–C–N with tert-alkyl or cyclic N) is 1. The predicted molar refractivity (Wildman–Crippen MR) is 66.7 cm³/mol. The summed E-state index contributed by atoms with van der Waals surface area (Å²) < 4.78 is 0. The Balaban J connectivity index is 2.00. The monoisotopic (exact) mass is 234 g/mol. The minimum absolute atomic E-state index is 0.0822. The van der Waals surface area contributed by atoms with Gasteiger partial charge in [0.15, 0.2) is 0 Å². The lowest BCUT2D eigenvalue weighted by molar-refractivity contribution is -0.0180. The summed E-state index contributed by atoms with van der Waals surface area (Å²) in [5, 5.41) is 20.2. The first-order chi connectivity index (χ1) is 8.16. The fraction of sp³-hybridized carbons (Fsp3) is 0.417. The van der Waals surface area contributed by atoms with Gasteiger partial charge in [-0.1, -0.05) is 24.3 Å². The van der Waals surface area contributed by atoms with E-state index >= 15 is 0 Å². The second kappa shape index (κ2) is 5.27. The lowest BCUT2D eigenvalue weighted by Gasteiger charge is -2.32. The average Bonchev–Trinajstić information content (AvgIpc) is 2.33. The third-order valence-corrected chi connectivity index (χ3v) is 2.97. The minimum Gasteiger partial charge on any atom is -0.384 e. The minimum atomic E-state index is -0.420. The van der Waals surface area contributed by atoms with E-state index in [0.717, 1.165) is 30.8 Å². The first kappa shape index (κ1) is 12.0. The molecule has 0 saturated carbocycles. The summed E-state index contributed by atoms with van der Waals surface area (Å²) in [5.74, 6) is 0.0822. The number of aliphatic hydroxyl groups is 1. The number of hydrogen-bond acceptors (Lipinski definition) is 4. The molecule has 0 spiro atoms. The molecule has 1 fully saturated rings. The Morgan fingerprint density at radius 1 is 1.47 bits per heavy atom. The quantitative estimate of drug-likeness (QED) is 0.427. The number of amidine groups is 1. The van der Waals surface area contributed by atoms with Gasteiger partial charge in [-0.2, -0.15) is 0 Å². The molecule has 0 amide bonds. The number of nitrogen functional groups attached to an aromatic ring is 1. The zero-order chi connectivity index (χ0) is 12.3. The molecule has 1 atom stereocenters. The molecule has 1 unspecified atom stereocenters. The van der Waals surface area contributed by atoms with Gasteiger partial charge >= 0.3 is 0 Å². The number of aliphatic hydroxyl groups excluding tert-OH is 1. The summed E-state index contributed by atoms with van der Waals surface area (Å²) in [7, 11) is 0. The predicted octanol–water partition coefficient (Wildman–Crippen LogP) is -0.306. The summed E-state index contributed by atoms with van der Waals surface area (Å²) in [6.07, 6.45) is -0.420. The smallest absolute Gasteiger partial charge is 0.122 e. The highest BCUT2D eigenvalue weighted by atomic mass is 16.3. The summed E-state index contributed by atoms with van der Waals surface area (Å²) in [6, 6.07) is 7.58. The van der Waals surface area contributed by atoms with Crippen LogP contribution in [0.5, 0.6) is 0 Å². The van der Waals surface area contributed by atoms with Gasteiger partial charge in [0.05, 0.1) is 0 Å². The van der Waals surface area contributed by atoms with Gasteiger partial charge in [-0.3, -0.25) is 10.3 Å². The van der Waals surface area contributed by atoms with Crippen LogP contribution in [-0.2, 0) is 6.54 Å². The number of nitrogens with one attached hydrogen (secondary N) is 2. The molecule has 1 heterocycles. The van der Waals surface area contributed by atoms with Crippen LogP contribution in [0.1, 0.15) is 11.1 Å².